The first-order valence-corrected chi connectivity index (χ1v) is 5.81. The monoisotopic (exact) mass is 227 g/mol. The molecule has 0 radical (unpaired) electrons. The van der Waals surface area contributed by atoms with Gasteiger partial charge in [0.15, 0.2) is 0 Å². The first-order chi connectivity index (χ1) is 7.24. The molecule has 0 heterocycles. The normalized spacial score (nSPS) is 10.2. The molecule has 15 heavy (non-hydrogen) atoms. The summed E-state index contributed by atoms with van der Waals surface area (Å²) < 4.78 is 0. The van der Waals surface area contributed by atoms with E-state index >= 15 is 0 Å². The van der Waals surface area contributed by atoms with Gasteiger partial charge in [-0.05, 0) is 17.7 Å². The summed E-state index contributed by atoms with van der Waals surface area (Å²) in [4.78, 5) is 9.98. The highest BCUT2D eigenvalue weighted by molar-refractivity contribution is 7.98. The molecule has 0 fully saturated rings. The van der Waals surface area contributed by atoms with Crippen LogP contribution in [0.5, 0.6) is 0 Å². The molecule has 0 unspecified atom stereocenters. The molecule has 0 saturated carbocycles. The molecule has 0 aliphatic heterocycles. The van der Waals surface area contributed by atoms with Gasteiger partial charge < -0.3 is 5.11 Å². The van der Waals surface area contributed by atoms with E-state index in [2.05, 4.69) is 0 Å². The highest BCUT2D eigenvalue weighted by atomic mass is 32.2. The van der Waals surface area contributed by atoms with Crippen LogP contribution in [-0.2, 0) is 5.75 Å². The number of non-ortho nitro benzene ring substituents is 1. The van der Waals surface area contributed by atoms with Gasteiger partial charge in [-0.1, -0.05) is 12.1 Å². The van der Waals surface area contributed by atoms with Gasteiger partial charge in [0, 0.05) is 24.5 Å². The average molecular weight is 227 g/mol. The highest BCUT2D eigenvalue weighted by Gasteiger charge is 2.03. The quantitative estimate of drug-likeness (QED) is 0.460. The van der Waals surface area contributed by atoms with Crippen LogP contribution in [0.25, 0.3) is 0 Å². The number of rotatable bonds is 6. The van der Waals surface area contributed by atoms with E-state index in [4.69, 9.17) is 5.11 Å². The Morgan fingerprint density at radius 2 is 2.00 bits per heavy atom. The van der Waals surface area contributed by atoms with Crippen molar-refractivity contribution < 1.29 is 10.0 Å². The van der Waals surface area contributed by atoms with Gasteiger partial charge in [-0.25, -0.2) is 0 Å². The lowest BCUT2D eigenvalue weighted by atomic mass is 10.2. The molecular weight excluding hydrogens is 214 g/mol. The Labute approximate surface area is 92.5 Å². The van der Waals surface area contributed by atoms with Crippen molar-refractivity contribution in [1.29, 1.82) is 0 Å². The Hall–Kier alpha value is -1.07. The van der Waals surface area contributed by atoms with E-state index in [0.717, 1.165) is 23.5 Å². The fourth-order valence-electron chi connectivity index (χ4n) is 1.07. The zero-order chi connectivity index (χ0) is 11.1. The Balaban J connectivity index is 2.39. The molecule has 4 nitrogen and oxygen atoms in total. The number of thioether (sulfide) groups is 1. The van der Waals surface area contributed by atoms with Crippen molar-refractivity contribution in [2.24, 2.45) is 0 Å². The number of aliphatic hydroxyl groups excluding tert-OH is 1. The van der Waals surface area contributed by atoms with Crippen LogP contribution in [0.2, 0.25) is 0 Å². The average Bonchev–Trinajstić information content (AvgIpc) is 2.25. The minimum Gasteiger partial charge on any atom is -0.396 e. The summed E-state index contributed by atoms with van der Waals surface area (Å²) in [5.41, 5.74) is 1.20. The summed E-state index contributed by atoms with van der Waals surface area (Å²) in [5, 5.41) is 19.0. The second kappa shape index (κ2) is 6.42. The zero-order valence-electron chi connectivity index (χ0n) is 8.26. The van der Waals surface area contributed by atoms with Gasteiger partial charge in [-0.15, -0.1) is 0 Å². The number of benzene rings is 1. The molecule has 0 aromatic heterocycles. The highest BCUT2D eigenvalue weighted by Crippen LogP contribution is 2.16. The molecule has 0 saturated heterocycles. The third kappa shape index (κ3) is 4.31. The summed E-state index contributed by atoms with van der Waals surface area (Å²) in [6.07, 6.45) is 0.789. The standard InChI is InChI=1S/C10H13NO3S/c12-6-1-7-15-8-9-2-4-10(5-3-9)11(13)14/h2-5,12H,1,6-8H2. The predicted octanol–water partition coefficient (Wildman–Crippen LogP) is 2.21. The van der Waals surface area contributed by atoms with Crippen LogP contribution < -0.4 is 0 Å². The molecule has 0 aliphatic rings. The van der Waals surface area contributed by atoms with E-state index in [1.54, 1.807) is 23.9 Å². The predicted molar refractivity (Wildman–Crippen MR) is 61.0 cm³/mol. The van der Waals surface area contributed by atoms with Crippen molar-refractivity contribution in [3.05, 3.63) is 39.9 Å². The van der Waals surface area contributed by atoms with Crippen molar-refractivity contribution in [1.82, 2.24) is 0 Å². The summed E-state index contributed by atoms with van der Waals surface area (Å²) in [6.45, 7) is 0.216. The number of nitro groups is 1. The first kappa shape index (κ1) is 12.0. The fraction of sp³-hybridized carbons (Fsp3) is 0.400. The molecule has 0 bridgehead atoms. The molecule has 1 N–H and O–H groups in total. The molecule has 0 spiro atoms. The van der Waals surface area contributed by atoms with Crippen molar-refractivity contribution in [2.75, 3.05) is 12.4 Å². The maximum Gasteiger partial charge on any atom is 0.269 e. The lowest BCUT2D eigenvalue weighted by Gasteiger charge is -2.00. The second-order valence-corrected chi connectivity index (χ2v) is 4.16. The molecule has 1 aromatic carbocycles. The Morgan fingerprint density at radius 3 is 2.53 bits per heavy atom. The molecule has 82 valence electrons. The topological polar surface area (TPSA) is 63.4 Å². The van der Waals surface area contributed by atoms with Gasteiger partial charge in [-0.2, -0.15) is 11.8 Å². The van der Waals surface area contributed by atoms with Gasteiger partial charge in [0.25, 0.3) is 5.69 Å². The van der Waals surface area contributed by atoms with Gasteiger partial charge in [0.2, 0.25) is 0 Å². The van der Waals surface area contributed by atoms with Crippen LogP contribution in [0.15, 0.2) is 24.3 Å². The van der Waals surface area contributed by atoms with Crippen LogP contribution >= 0.6 is 11.8 Å². The van der Waals surface area contributed by atoms with Crippen LogP contribution in [0.1, 0.15) is 12.0 Å². The molecular formula is C10H13NO3S. The number of hydrogen-bond donors (Lipinski definition) is 1. The van der Waals surface area contributed by atoms with Crippen LogP contribution in [0, 0.1) is 10.1 Å². The first-order valence-electron chi connectivity index (χ1n) is 4.66. The SMILES string of the molecule is O=[N+]([O-])c1ccc(CSCCCO)cc1. The smallest absolute Gasteiger partial charge is 0.269 e. The summed E-state index contributed by atoms with van der Waals surface area (Å²) in [5.74, 6) is 1.74. The fourth-order valence-corrected chi connectivity index (χ4v) is 1.98. The Morgan fingerprint density at radius 1 is 1.33 bits per heavy atom. The Kier molecular flexibility index (Phi) is 5.14. The maximum atomic E-state index is 10.4. The summed E-state index contributed by atoms with van der Waals surface area (Å²) in [7, 11) is 0. The lowest BCUT2D eigenvalue weighted by molar-refractivity contribution is -0.384. The number of aliphatic hydroxyl groups is 1. The number of nitrogens with zero attached hydrogens (tertiary/aromatic N) is 1. The lowest BCUT2D eigenvalue weighted by Crippen LogP contribution is -1.89. The van der Waals surface area contributed by atoms with Gasteiger partial charge in [0.1, 0.15) is 0 Å². The molecule has 1 rings (SSSR count). The zero-order valence-corrected chi connectivity index (χ0v) is 9.07. The summed E-state index contributed by atoms with van der Waals surface area (Å²) in [6, 6.07) is 6.57. The van der Waals surface area contributed by atoms with Gasteiger partial charge in [-0.3, -0.25) is 10.1 Å². The van der Waals surface area contributed by atoms with Gasteiger partial charge in [0.05, 0.1) is 4.92 Å². The van der Waals surface area contributed by atoms with E-state index in [0.29, 0.717) is 0 Å². The van der Waals surface area contributed by atoms with Gasteiger partial charge >= 0.3 is 0 Å². The van der Waals surface area contributed by atoms with E-state index in [-0.39, 0.29) is 12.3 Å². The van der Waals surface area contributed by atoms with E-state index in [1.807, 2.05) is 0 Å². The van der Waals surface area contributed by atoms with E-state index < -0.39 is 4.92 Å². The minimum atomic E-state index is -0.400. The van der Waals surface area contributed by atoms with E-state index in [1.165, 1.54) is 12.1 Å². The van der Waals surface area contributed by atoms with E-state index in [9.17, 15) is 10.1 Å². The molecule has 0 aliphatic carbocycles. The van der Waals surface area contributed by atoms with Crippen molar-refractivity contribution in [3.63, 3.8) is 0 Å². The third-order valence-corrected chi connectivity index (χ3v) is 2.98. The minimum absolute atomic E-state index is 0.124. The van der Waals surface area contributed by atoms with Crippen molar-refractivity contribution in [2.45, 2.75) is 12.2 Å². The largest absolute Gasteiger partial charge is 0.396 e. The number of nitro benzene ring substituents is 1. The Bertz CT molecular complexity index is 313. The second-order valence-electron chi connectivity index (χ2n) is 3.05. The molecule has 5 heteroatoms. The van der Waals surface area contributed by atoms with Crippen molar-refractivity contribution in [3.8, 4) is 0 Å². The number of hydrogen-bond acceptors (Lipinski definition) is 4. The maximum absolute atomic E-state index is 10.4. The molecule has 0 atom stereocenters. The van der Waals surface area contributed by atoms with Crippen LogP contribution in [-0.4, -0.2) is 22.4 Å². The third-order valence-electron chi connectivity index (χ3n) is 1.86. The summed E-state index contributed by atoms with van der Waals surface area (Å²) >= 11 is 1.72. The van der Waals surface area contributed by atoms with Crippen LogP contribution in [0.3, 0.4) is 0 Å². The molecule has 1 aromatic rings. The van der Waals surface area contributed by atoms with Crippen molar-refractivity contribution >= 4 is 17.4 Å². The van der Waals surface area contributed by atoms with Crippen LogP contribution in [0.4, 0.5) is 5.69 Å². The molecule has 0 amide bonds.